The second-order valence-corrected chi connectivity index (χ2v) is 8.31. The van der Waals surface area contributed by atoms with E-state index in [0.717, 1.165) is 5.56 Å². The van der Waals surface area contributed by atoms with E-state index >= 15 is 0 Å². The van der Waals surface area contributed by atoms with Crippen molar-refractivity contribution >= 4 is 51.8 Å². The number of nitro benzene ring substituents is 1. The Labute approximate surface area is 186 Å². The van der Waals surface area contributed by atoms with Crippen LogP contribution in [-0.2, 0) is 9.59 Å². The molecule has 9 heteroatoms. The average molecular weight is 455 g/mol. The molecule has 3 aromatic rings. The number of anilines is 1. The highest BCUT2D eigenvalue weighted by atomic mass is 35.5. The van der Waals surface area contributed by atoms with Crippen LogP contribution >= 0.6 is 22.9 Å². The van der Waals surface area contributed by atoms with E-state index in [1.807, 2.05) is 12.3 Å². The number of aliphatic hydroxyl groups is 1. The van der Waals surface area contributed by atoms with Gasteiger partial charge in [0.2, 0.25) is 0 Å². The number of nitro groups is 1. The molecule has 0 radical (unpaired) electrons. The number of nitrogens with zero attached hydrogens (tertiary/aromatic N) is 2. The molecule has 2 aromatic carbocycles. The molecule has 1 N–H and O–H groups in total. The molecule has 0 bridgehead atoms. The van der Waals surface area contributed by atoms with Crippen molar-refractivity contribution in [3.05, 3.63) is 96.7 Å². The number of rotatable bonds is 4. The summed E-state index contributed by atoms with van der Waals surface area (Å²) in [6.45, 7) is 1.82. The lowest BCUT2D eigenvalue weighted by Crippen LogP contribution is -2.29. The number of benzene rings is 2. The summed E-state index contributed by atoms with van der Waals surface area (Å²) >= 11 is 7.59. The molecule has 0 aliphatic carbocycles. The maximum Gasteiger partial charge on any atom is 0.300 e. The average Bonchev–Trinajstić information content (AvgIpc) is 3.37. The summed E-state index contributed by atoms with van der Waals surface area (Å²) in [5.41, 5.74) is 1.21. The van der Waals surface area contributed by atoms with Crippen LogP contribution in [0.5, 0.6) is 0 Å². The molecule has 0 saturated carbocycles. The Morgan fingerprint density at radius 1 is 1.16 bits per heavy atom. The van der Waals surface area contributed by atoms with Gasteiger partial charge in [0, 0.05) is 33.3 Å². The number of ketones is 1. The largest absolute Gasteiger partial charge is 0.507 e. The number of Topliss-reactive ketones (excluding diaryl/α,β-unsaturated/α-hetero) is 1. The van der Waals surface area contributed by atoms with Gasteiger partial charge in [0.15, 0.2) is 0 Å². The molecule has 31 heavy (non-hydrogen) atoms. The molecule has 156 valence electrons. The summed E-state index contributed by atoms with van der Waals surface area (Å²) in [6, 6.07) is 12.9. The van der Waals surface area contributed by atoms with Crippen LogP contribution in [0.1, 0.15) is 22.0 Å². The first-order valence-electron chi connectivity index (χ1n) is 9.15. The number of amides is 1. The van der Waals surface area contributed by atoms with E-state index in [2.05, 4.69) is 0 Å². The van der Waals surface area contributed by atoms with Gasteiger partial charge in [-0.25, -0.2) is 0 Å². The lowest BCUT2D eigenvalue weighted by Gasteiger charge is -2.24. The zero-order valence-electron chi connectivity index (χ0n) is 16.1. The summed E-state index contributed by atoms with van der Waals surface area (Å²) < 4.78 is 0. The summed E-state index contributed by atoms with van der Waals surface area (Å²) in [7, 11) is 0. The number of non-ortho nitro benzene ring substituents is 1. The van der Waals surface area contributed by atoms with E-state index in [0.29, 0.717) is 15.6 Å². The normalized spacial score (nSPS) is 17.9. The summed E-state index contributed by atoms with van der Waals surface area (Å²) in [5.74, 6) is -2.03. The molecular formula is C22H15ClN2O5S. The smallest absolute Gasteiger partial charge is 0.300 e. The zero-order valence-corrected chi connectivity index (χ0v) is 17.7. The van der Waals surface area contributed by atoms with Crippen LogP contribution in [0.25, 0.3) is 5.76 Å². The van der Waals surface area contributed by atoms with Crippen LogP contribution < -0.4 is 4.90 Å². The molecular weight excluding hydrogens is 440 g/mol. The fraction of sp³-hybridized carbons (Fsp3) is 0.0909. The predicted octanol–water partition coefficient (Wildman–Crippen LogP) is 5.24. The van der Waals surface area contributed by atoms with E-state index in [-0.39, 0.29) is 16.8 Å². The van der Waals surface area contributed by atoms with Crippen molar-refractivity contribution in [1.82, 2.24) is 0 Å². The van der Waals surface area contributed by atoms with Crippen molar-refractivity contribution in [2.24, 2.45) is 0 Å². The van der Waals surface area contributed by atoms with E-state index in [1.165, 1.54) is 40.5 Å². The van der Waals surface area contributed by atoms with Gasteiger partial charge in [0.05, 0.1) is 10.5 Å². The van der Waals surface area contributed by atoms with E-state index in [9.17, 15) is 24.8 Å². The minimum absolute atomic E-state index is 0.0852. The third kappa shape index (κ3) is 3.60. The maximum atomic E-state index is 13.0. The Hall–Kier alpha value is -3.49. The summed E-state index contributed by atoms with van der Waals surface area (Å²) in [4.78, 5) is 38.3. The number of carbonyl (C=O) groups is 2. The molecule has 1 aliphatic rings. The maximum absolute atomic E-state index is 13.0. The van der Waals surface area contributed by atoms with Gasteiger partial charge < -0.3 is 5.11 Å². The Kier molecular flexibility index (Phi) is 5.34. The van der Waals surface area contributed by atoms with E-state index < -0.39 is 28.4 Å². The van der Waals surface area contributed by atoms with E-state index in [1.54, 1.807) is 30.3 Å². The van der Waals surface area contributed by atoms with Crippen LogP contribution in [-0.4, -0.2) is 21.7 Å². The van der Waals surface area contributed by atoms with E-state index in [4.69, 9.17) is 11.6 Å². The predicted molar refractivity (Wildman–Crippen MR) is 118 cm³/mol. The molecule has 7 nitrogen and oxygen atoms in total. The first-order chi connectivity index (χ1) is 14.8. The van der Waals surface area contributed by atoms with Crippen LogP contribution in [0.4, 0.5) is 11.4 Å². The Morgan fingerprint density at radius 2 is 1.87 bits per heavy atom. The molecule has 1 fully saturated rings. The van der Waals surface area contributed by atoms with Gasteiger partial charge in [0.25, 0.3) is 17.4 Å². The fourth-order valence-corrected chi connectivity index (χ4v) is 4.44. The zero-order chi connectivity index (χ0) is 22.3. The standard InChI is InChI=1S/C22H15ClN2O5S/c1-12-4-7-15(11-16(12)23)24-19(17-3-2-10-31-17)18(21(27)22(24)28)20(26)13-5-8-14(9-6-13)25(29)30/h2-11,19,26H,1H3/b20-18-. The minimum atomic E-state index is -0.853. The Bertz CT molecular complexity index is 1240. The minimum Gasteiger partial charge on any atom is -0.507 e. The van der Waals surface area contributed by atoms with Gasteiger partial charge in [-0.2, -0.15) is 0 Å². The molecule has 1 unspecified atom stereocenters. The van der Waals surface area contributed by atoms with Gasteiger partial charge in [-0.15, -0.1) is 11.3 Å². The lowest BCUT2D eigenvalue weighted by atomic mass is 9.99. The van der Waals surface area contributed by atoms with Crippen LogP contribution in [0.2, 0.25) is 5.02 Å². The summed E-state index contributed by atoms with van der Waals surface area (Å²) in [6.07, 6.45) is 0. The van der Waals surface area contributed by atoms with Crippen molar-refractivity contribution in [3.63, 3.8) is 0 Å². The number of hydrogen-bond donors (Lipinski definition) is 1. The Balaban J connectivity index is 1.89. The third-order valence-electron chi connectivity index (χ3n) is 5.04. The molecule has 0 spiro atoms. The van der Waals surface area contributed by atoms with Gasteiger partial charge in [-0.05, 0) is 48.2 Å². The number of hydrogen-bond acceptors (Lipinski definition) is 6. The van der Waals surface area contributed by atoms with Crippen molar-refractivity contribution in [1.29, 1.82) is 0 Å². The number of thiophene rings is 1. The highest BCUT2D eigenvalue weighted by Gasteiger charge is 2.47. The topological polar surface area (TPSA) is 101 Å². The first kappa shape index (κ1) is 20.8. The number of carbonyl (C=O) groups excluding carboxylic acids is 2. The van der Waals surface area contributed by atoms with Crippen LogP contribution in [0, 0.1) is 17.0 Å². The third-order valence-corrected chi connectivity index (χ3v) is 6.37. The molecule has 1 atom stereocenters. The molecule has 1 amide bonds. The number of halogens is 1. The molecule has 1 aliphatic heterocycles. The van der Waals surface area contributed by atoms with Crippen molar-refractivity contribution < 1.29 is 19.6 Å². The Morgan fingerprint density at radius 3 is 2.45 bits per heavy atom. The highest BCUT2D eigenvalue weighted by molar-refractivity contribution is 7.10. The van der Waals surface area contributed by atoms with Crippen LogP contribution in [0.15, 0.2) is 65.6 Å². The van der Waals surface area contributed by atoms with Gasteiger partial charge in [-0.1, -0.05) is 23.7 Å². The number of aryl methyl sites for hydroxylation is 1. The number of aliphatic hydroxyl groups excluding tert-OH is 1. The van der Waals surface area contributed by atoms with Crippen molar-refractivity contribution in [3.8, 4) is 0 Å². The monoisotopic (exact) mass is 454 g/mol. The van der Waals surface area contributed by atoms with Gasteiger partial charge in [0.1, 0.15) is 11.8 Å². The highest BCUT2D eigenvalue weighted by Crippen LogP contribution is 2.44. The molecule has 1 aromatic heterocycles. The van der Waals surface area contributed by atoms with Crippen molar-refractivity contribution in [2.75, 3.05) is 4.90 Å². The SMILES string of the molecule is Cc1ccc(N2C(=O)C(=O)/C(=C(\O)c3ccc([N+](=O)[O-])cc3)C2c2cccs2)cc1Cl. The molecule has 1 saturated heterocycles. The van der Waals surface area contributed by atoms with Crippen LogP contribution in [0.3, 0.4) is 0 Å². The lowest BCUT2D eigenvalue weighted by molar-refractivity contribution is -0.384. The van der Waals surface area contributed by atoms with Gasteiger partial charge in [-0.3, -0.25) is 24.6 Å². The second-order valence-electron chi connectivity index (χ2n) is 6.92. The van der Waals surface area contributed by atoms with Crippen molar-refractivity contribution in [2.45, 2.75) is 13.0 Å². The first-order valence-corrected chi connectivity index (χ1v) is 10.4. The second kappa shape index (κ2) is 7.98. The summed E-state index contributed by atoms with van der Waals surface area (Å²) in [5, 5.41) is 24.1. The quantitative estimate of drug-likeness (QED) is 0.191. The fourth-order valence-electron chi connectivity index (χ4n) is 3.44. The molecule has 2 heterocycles. The molecule has 4 rings (SSSR count). The van der Waals surface area contributed by atoms with Gasteiger partial charge >= 0.3 is 0 Å².